The minimum atomic E-state index is -0.00959. The molecule has 1 heterocycles. The summed E-state index contributed by atoms with van der Waals surface area (Å²) in [4.78, 5) is 13.4. The van der Waals surface area contributed by atoms with Gasteiger partial charge in [-0.25, -0.2) is 0 Å². The molecule has 1 aromatic carbocycles. The summed E-state index contributed by atoms with van der Waals surface area (Å²) in [6, 6.07) is 7.34. The van der Waals surface area contributed by atoms with Gasteiger partial charge >= 0.3 is 0 Å². The number of nitrogens with one attached hydrogen (secondary N) is 1. The standard InChI is InChI=1S/C12H13N3O2/c1-17-5-4-15-11-6-9(7-13)2-3-10(11)14-8-12(15)16/h2-3,6,14H,4-5,8H2,1H3. The molecule has 5 heteroatoms. The molecule has 0 fully saturated rings. The average molecular weight is 231 g/mol. The maximum absolute atomic E-state index is 11.8. The Morgan fingerprint density at radius 3 is 3.12 bits per heavy atom. The molecule has 0 radical (unpaired) electrons. The SMILES string of the molecule is COCCN1C(=O)CNc2ccc(C#N)cc21. The highest BCUT2D eigenvalue weighted by atomic mass is 16.5. The fraction of sp³-hybridized carbons (Fsp3) is 0.333. The lowest BCUT2D eigenvalue weighted by atomic mass is 10.1. The van der Waals surface area contributed by atoms with Crippen molar-refractivity contribution in [2.45, 2.75) is 0 Å². The van der Waals surface area contributed by atoms with Gasteiger partial charge in [0.15, 0.2) is 0 Å². The van der Waals surface area contributed by atoms with Gasteiger partial charge in [-0.15, -0.1) is 0 Å². The second-order valence-corrected chi connectivity index (χ2v) is 3.74. The van der Waals surface area contributed by atoms with Gasteiger partial charge in [-0.2, -0.15) is 5.26 Å². The van der Waals surface area contributed by atoms with Crippen LogP contribution in [0.4, 0.5) is 11.4 Å². The van der Waals surface area contributed by atoms with Crippen molar-refractivity contribution < 1.29 is 9.53 Å². The second kappa shape index (κ2) is 4.85. The van der Waals surface area contributed by atoms with Gasteiger partial charge in [0.2, 0.25) is 5.91 Å². The van der Waals surface area contributed by atoms with Crippen molar-refractivity contribution in [2.75, 3.05) is 37.0 Å². The van der Waals surface area contributed by atoms with Crippen molar-refractivity contribution in [3.63, 3.8) is 0 Å². The number of nitriles is 1. The van der Waals surface area contributed by atoms with Crippen LogP contribution in [0.5, 0.6) is 0 Å². The fourth-order valence-electron chi connectivity index (χ4n) is 1.80. The zero-order chi connectivity index (χ0) is 12.3. The highest BCUT2D eigenvalue weighted by molar-refractivity contribution is 6.02. The summed E-state index contributed by atoms with van der Waals surface area (Å²) < 4.78 is 4.99. The molecule has 1 N–H and O–H groups in total. The van der Waals surface area contributed by atoms with Crippen LogP contribution in [0.1, 0.15) is 5.56 Å². The molecule has 0 atom stereocenters. The molecule has 0 bridgehead atoms. The number of rotatable bonds is 3. The maximum atomic E-state index is 11.8. The predicted molar refractivity (Wildman–Crippen MR) is 63.9 cm³/mol. The Morgan fingerprint density at radius 2 is 2.41 bits per heavy atom. The van der Waals surface area contributed by atoms with E-state index in [1.165, 1.54) is 0 Å². The average Bonchev–Trinajstić information content (AvgIpc) is 2.37. The van der Waals surface area contributed by atoms with E-state index in [2.05, 4.69) is 11.4 Å². The minimum Gasteiger partial charge on any atom is -0.383 e. The van der Waals surface area contributed by atoms with E-state index in [0.29, 0.717) is 18.7 Å². The molecule has 88 valence electrons. The number of ether oxygens (including phenoxy) is 1. The van der Waals surface area contributed by atoms with Crippen molar-refractivity contribution in [2.24, 2.45) is 0 Å². The number of benzene rings is 1. The number of fused-ring (bicyclic) bond motifs is 1. The van der Waals surface area contributed by atoms with Crippen molar-refractivity contribution in [3.05, 3.63) is 23.8 Å². The molecule has 17 heavy (non-hydrogen) atoms. The Morgan fingerprint density at radius 1 is 1.59 bits per heavy atom. The predicted octanol–water partition coefficient (Wildman–Crippen LogP) is 0.963. The Labute approximate surface area is 99.6 Å². The van der Waals surface area contributed by atoms with Crippen LogP contribution in [0, 0.1) is 11.3 Å². The highest BCUT2D eigenvalue weighted by Crippen LogP contribution is 2.30. The van der Waals surface area contributed by atoms with Crippen LogP contribution in [-0.4, -0.2) is 32.7 Å². The molecular formula is C12H13N3O2. The quantitative estimate of drug-likeness (QED) is 0.841. The van der Waals surface area contributed by atoms with Crippen LogP contribution >= 0.6 is 0 Å². The van der Waals surface area contributed by atoms with E-state index in [4.69, 9.17) is 10.00 Å². The minimum absolute atomic E-state index is 0.00959. The number of carbonyl (C=O) groups is 1. The number of hydrogen-bond acceptors (Lipinski definition) is 4. The summed E-state index contributed by atoms with van der Waals surface area (Å²) in [5.74, 6) is -0.00959. The summed E-state index contributed by atoms with van der Waals surface area (Å²) in [5, 5.41) is 11.9. The van der Waals surface area contributed by atoms with Crippen LogP contribution in [0.15, 0.2) is 18.2 Å². The normalized spacial score (nSPS) is 13.9. The first kappa shape index (κ1) is 11.4. The van der Waals surface area contributed by atoms with Gasteiger partial charge in [-0.1, -0.05) is 0 Å². The van der Waals surface area contributed by atoms with Crippen LogP contribution in [0.3, 0.4) is 0 Å². The van der Waals surface area contributed by atoms with Gasteiger partial charge in [-0.3, -0.25) is 4.79 Å². The molecule has 0 aliphatic carbocycles. The third-order valence-corrected chi connectivity index (χ3v) is 2.67. The van der Waals surface area contributed by atoms with E-state index in [0.717, 1.165) is 11.4 Å². The first-order valence-electron chi connectivity index (χ1n) is 5.33. The van der Waals surface area contributed by atoms with Gasteiger partial charge in [-0.05, 0) is 18.2 Å². The molecule has 0 spiro atoms. The van der Waals surface area contributed by atoms with Crippen molar-refractivity contribution in [3.8, 4) is 6.07 Å². The van der Waals surface area contributed by atoms with Crippen LogP contribution in [-0.2, 0) is 9.53 Å². The molecule has 0 aromatic heterocycles. The Hall–Kier alpha value is -2.06. The monoisotopic (exact) mass is 231 g/mol. The second-order valence-electron chi connectivity index (χ2n) is 3.74. The molecule has 0 saturated carbocycles. The number of hydrogen-bond donors (Lipinski definition) is 1. The van der Waals surface area contributed by atoms with Gasteiger partial charge in [0.1, 0.15) is 0 Å². The van der Waals surface area contributed by atoms with Gasteiger partial charge in [0.05, 0.1) is 36.2 Å². The molecule has 1 amide bonds. The molecule has 5 nitrogen and oxygen atoms in total. The summed E-state index contributed by atoms with van der Waals surface area (Å²) in [5.41, 5.74) is 2.17. The largest absolute Gasteiger partial charge is 0.383 e. The zero-order valence-electron chi connectivity index (χ0n) is 9.56. The Kier molecular flexibility index (Phi) is 3.26. The molecule has 1 aliphatic heterocycles. The topological polar surface area (TPSA) is 65.4 Å². The van der Waals surface area contributed by atoms with E-state index < -0.39 is 0 Å². The van der Waals surface area contributed by atoms with E-state index in [1.54, 1.807) is 24.1 Å². The molecule has 0 saturated heterocycles. The van der Waals surface area contributed by atoms with Crippen molar-refractivity contribution in [1.29, 1.82) is 5.26 Å². The molecule has 2 rings (SSSR count). The number of methoxy groups -OCH3 is 1. The summed E-state index contributed by atoms with van der Waals surface area (Å²) >= 11 is 0. The van der Waals surface area contributed by atoms with E-state index >= 15 is 0 Å². The number of amides is 1. The smallest absolute Gasteiger partial charge is 0.246 e. The van der Waals surface area contributed by atoms with Gasteiger partial charge < -0.3 is 15.0 Å². The van der Waals surface area contributed by atoms with Crippen molar-refractivity contribution >= 4 is 17.3 Å². The zero-order valence-corrected chi connectivity index (χ0v) is 9.56. The van der Waals surface area contributed by atoms with Crippen LogP contribution < -0.4 is 10.2 Å². The third kappa shape index (κ3) is 2.22. The molecule has 1 aliphatic rings. The molecule has 1 aromatic rings. The van der Waals surface area contributed by atoms with E-state index in [1.807, 2.05) is 6.07 Å². The Bertz CT molecular complexity index is 479. The lowest BCUT2D eigenvalue weighted by Crippen LogP contribution is -2.41. The summed E-state index contributed by atoms with van der Waals surface area (Å²) in [7, 11) is 1.60. The summed E-state index contributed by atoms with van der Waals surface area (Å²) in [6.07, 6.45) is 0. The van der Waals surface area contributed by atoms with Gasteiger partial charge in [0.25, 0.3) is 0 Å². The number of anilines is 2. The number of nitrogens with zero attached hydrogens (tertiary/aromatic N) is 2. The first-order chi connectivity index (χ1) is 8.26. The van der Waals surface area contributed by atoms with Crippen molar-refractivity contribution in [1.82, 2.24) is 0 Å². The lowest BCUT2D eigenvalue weighted by Gasteiger charge is -2.30. The number of carbonyl (C=O) groups excluding carboxylic acids is 1. The molecular weight excluding hydrogens is 218 g/mol. The highest BCUT2D eigenvalue weighted by Gasteiger charge is 2.23. The lowest BCUT2D eigenvalue weighted by molar-refractivity contribution is -0.117. The van der Waals surface area contributed by atoms with Crippen LogP contribution in [0.2, 0.25) is 0 Å². The first-order valence-corrected chi connectivity index (χ1v) is 5.33. The molecule has 0 unspecified atom stereocenters. The maximum Gasteiger partial charge on any atom is 0.246 e. The van der Waals surface area contributed by atoms with Gasteiger partial charge in [0, 0.05) is 13.7 Å². The Balaban J connectivity index is 2.35. The van der Waals surface area contributed by atoms with E-state index in [9.17, 15) is 4.79 Å². The van der Waals surface area contributed by atoms with Crippen LogP contribution in [0.25, 0.3) is 0 Å². The van der Waals surface area contributed by atoms with E-state index in [-0.39, 0.29) is 12.5 Å². The fourth-order valence-corrected chi connectivity index (χ4v) is 1.80. The summed E-state index contributed by atoms with van der Waals surface area (Å²) in [6.45, 7) is 1.25. The third-order valence-electron chi connectivity index (χ3n) is 2.67.